The number of amides is 2. The molecule has 0 aliphatic rings. The van der Waals surface area contributed by atoms with Gasteiger partial charge in [-0.05, 0) is 63.8 Å². The van der Waals surface area contributed by atoms with Crippen molar-refractivity contribution < 1.29 is 14.3 Å². The van der Waals surface area contributed by atoms with Gasteiger partial charge in [0.15, 0.2) is 0 Å². The molecule has 1 aromatic heterocycles. The van der Waals surface area contributed by atoms with Gasteiger partial charge in [-0.2, -0.15) is 0 Å². The summed E-state index contributed by atoms with van der Waals surface area (Å²) in [5.74, 6) is -0.695. The van der Waals surface area contributed by atoms with Crippen molar-refractivity contribution in [2.75, 3.05) is 32.6 Å². The number of anilines is 1. The van der Waals surface area contributed by atoms with Crippen molar-refractivity contribution >= 4 is 40.4 Å². The van der Waals surface area contributed by atoms with E-state index in [2.05, 4.69) is 15.5 Å². The molecule has 2 rings (SSSR count). The summed E-state index contributed by atoms with van der Waals surface area (Å²) in [5, 5.41) is 5.23. The lowest BCUT2D eigenvalue weighted by Gasteiger charge is -2.12. The molecule has 0 bridgehead atoms. The van der Waals surface area contributed by atoms with Crippen molar-refractivity contribution in [1.29, 1.82) is 0 Å². The Morgan fingerprint density at radius 1 is 1.15 bits per heavy atom. The topological polar surface area (TPSA) is 70.7 Å². The number of ether oxygens (including phenoxy) is 1. The van der Waals surface area contributed by atoms with Crippen molar-refractivity contribution in [1.82, 2.24) is 10.2 Å². The summed E-state index contributed by atoms with van der Waals surface area (Å²) in [4.78, 5) is 27.1. The number of nitrogens with zero attached hydrogens (tertiary/aromatic N) is 1. The van der Waals surface area contributed by atoms with Crippen molar-refractivity contribution in [3.63, 3.8) is 0 Å². The minimum absolute atomic E-state index is 0.293. The number of hydrogen-bond acceptors (Lipinski definition) is 5. The van der Waals surface area contributed by atoms with Gasteiger partial charge in [-0.3, -0.25) is 9.59 Å². The van der Waals surface area contributed by atoms with Crippen molar-refractivity contribution in [3.05, 3.63) is 45.6 Å². The number of carbonyl (C=O) groups is 2. The Hall–Kier alpha value is -2.09. The molecule has 2 aromatic rings. The van der Waals surface area contributed by atoms with Crippen molar-refractivity contribution in [2.24, 2.45) is 0 Å². The number of carbonyl (C=O) groups excluding carboxylic acids is 2. The smallest absolute Gasteiger partial charge is 0.313 e. The lowest BCUT2D eigenvalue weighted by Crippen LogP contribution is -2.36. The number of halogens is 1. The van der Waals surface area contributed by atoms with Crippen LogP contribution in [0.25, 0.3) is 0 Å². The van der Waals surface area contributed by atoms with Crippen molar-refractivity contribution in [2.45, 2.75) is 19.4 Å². The van der Waals surface area contributed by atoms with Gasteiger partial charge in [0.2, 0.25) is 0 Å². The van der Waals surface area contributed by atoms with Crippen LogP contribution in [0, 0.1) is 0 Å². The third-order valence-corrected chi connectivity index (χ3v) is 5.12. The van der Waals surface area contributed by atoms with E-state index in [0.29, 0.717) is 16.6 Å². The van der Waals surface area contributed by atoms with E-state index in [1.165, 1.54) is 11.3 Å². The second-order valence-corrected chi connectivity index (χ2v) is 8.07. The van der Waals surface area contributed by atoms with Crippen LogP contribution in [0.1, 0.15) is 24.3 Å². The molecular weight excluding hydrogens is 386 g/mol. The fourth-order valence-electron chi connectivity index (χ4n) is 2.29. The van der Waals surface area contributed by atoms with E-state index in [-0.39, 0.29) is 6.04 Å². The first-order valence-corrected chi connectivity index (χ1v) is 9.79. The highest BCUT2D eigenvalue weighted by Crippen LogP contribution is 2.26. The third-order valence-electron chi connectivity index (χ3n) is 3.71. The van der Waals surface area contributed by atoms with Gasteiger partial charge in [0.05, 0.1) is 17.0 Å². The van der Waals surface area contributed by atoms with Crippen LogP contribution in [-0.4, -0.2) is 44.0 Å². The summed E-state index contributed by atoms with van der Waals surface area (Å²) >= 11 is 7.26. The number of thiophene rings is 1. The highest BCUT2D eigenvalue weighted by atomic mass is 35.5. The second-order valence-electron chi connectivity index (χ2n) is 6.32. The van der Waals surface area contributed by atoms with Crippen molar-refractivity contribution in [3.8, 4) is 5.75 Å². The first kappa shape index (κ1) is 21.2. The Kier molecular flexibility index (Phi) is 8.09. The zero-order valence-corrected chi connectivity index (χ0v) is 17.2. The Balaban J connectivity index is 1.79. The quantitative estimate of drug-likeness (QED) is 0.516. The Bertz CT molecular complexity index is 762. The molecule has 27 heavy (non-hydrogen) atoms. The molecule has 0 saturated carbocycles. The van der Waals surface area contributed by atoms with Crippen LogP contribution >= 0.6 is 22.9 Å². The summed E-state index contributed by atoms with van der Waals surface area (Å²) in [6, 6.07) is 10.2. The number of benzene rings is 1. The summed E-state index contributed by atoms with van der Waals surface area (Å²) in [7, 11) is 4.04. The maximum atomic E-state index is 12.1. The van der Waals surface area contributed by atoms with Crippen LogP contribution < -0.4 is 15.4 Å². The predicted octanol–water partition coefficient (Wildman–Crippen LogP) is 3.55. The molecule has 8 heteroatoms. The maximum absolute atomic E-state index is 12.1. The summed E-state index contributed by atoms with van der Waals surface area (Å²) < 4.78 is 6.28. The lowest BCUT2D eigenvalue weighted by atomic mass is 10.2. The van der Waals surface area contributed by atoms with Crippen LogP contribution in [0.3, 0.4) is 0 Å². The van der Waals surface area contributed by atoms with Crippen LogP contribution in [0.2, 0.25) is 4.34 Å². The molecule has 2 N–H and O–H groups in total. The Morgan fingerprint density at radius 2 is 1.85 bits per heavy atom. The second kappa shape index (κ2) is 10.3. The van der Waals surface area contributed by atoms with Crippen LogP contribution in [0.15, 0.2) is 36.4 Å². The zero-order chi connectivity index (χ0) is 19.8. The summed E-state index contributed by atoms with van der Waals surface area (Å²) in [5.41, 5.74) is 0.530. The molecule has 1 heterocycles. The van der Waals surface area contributed by atoms with Crippen LogP contribution in [0.4, 0.5) is 5.69 Å². The molecule has 146 valence electrons. The van der Waals surface area contributed by atoms with E-state index >= 15 is 0 Å². The highest BCUT2D eigenvalue weighted by Gasteiger charge is 2.18. The van der Waals surface area contributed by atoms with Crippen LogP contribution in [0.5, 0.6) is 5.75 Å². The molecule has 0 aliphatic carbocycles. The average Bonchev–Trinajstić information content (AvgIpc) is 3.06. The van der Waals surface area contributed by atoms with E-state index in [4.69, 9.17) is 16.3 Å². The highest BCUT2D eigenvalue weighted by molar-refractivity contribution is 7.16. The summed E-state index contributed by atoms with van der Waals surface area (Å²) in [6.07, 6.45) is 0.930. The van der Waals surface area contributed by atoms with E-state index in [9.17, 15) is 9.59 Å². The minimum atomic E-state index is -0.718. The van der Waals surface area contributed by atoms with Gasteiger partial charge < -0.3 is 20.3 Å². The van der Waals surface area contributed by atoms with Gasteiger partial charge in [-0.25, -0.2) is 0 Å². The molecule has 6 nitrogen and oxygen atoms in total. The van der Waals surface area contributed by atoms with E-state index in [1.807, 2.05) is 20.2 Å². The predicted molar refractivity (Wildman–Crippen MR) is 110 cm³/mol. The molecule has 0 spiro atoms. The first-order valence-electron chi connectivity index (χ1n) is 8.60. The lowest BCUT2D eigenvalue weighted by molar-refractivity contribution is -0.136. The largest absolute Gasteiger partial charge is 0.494 e. The van der Waals surface area contributed by atoms with E-state index < -0.39 is 11.8 Å². The van der Waals surface area contributed by atoms with Gasteiger partial charge in [0.25, 0.3) is 0 Å². The Morgan fingerprint density at radius 3 is 2.44 bits per heavy atom. The molecule has 2 amide bonds. The monoisotopic (exact) mass is 409 g/mol. The van der Waals surface area contributed by atoms with Crippen LogP contribution in [-0.2, 0) is 9.59 Å². The SMILES string of the molecule is CC(NC(=O)C(=O)Nc1ccc(OCCCN(C)C)cc1)c1ccc(Cl)s1. The molecule has 0 aliphatic heterocycles. The molecule has 0 fully saturated rings. The minimum Gasteiger partial charge on any atom is -0.494 e. The van der Waals surface area contributed by atoms with Gasteiger partial charge in [-0.1, -0.05) is 11.6 Å². The number of hydrogen-bond donors (Lipinski definition) is 2. The number of rotatable bonds is 8. The first-order chi connectivity index (χ1) is 12.8. The summed E-state index contributed by atoms with van der Waals surface area (Å²) in [6.45, 7) is 3.38. The van der Waals surface area contributed by atoms with Gasteiger partial charge in [0, 0.05) is 17.1 Å². The van der Waals surface area contributed by atoms with Gasteiger partial charge in [-0.15, -0.1) is 11.3 Å². The molecule has 1 atom stereocenters. The molecule has 0 radical (unpaired) electrons. The van der Waals surface area contributed by atoms with E-state index in [1.54, 1.807) is 37.3 Å². The normalized spacial score (nSPS) is 11.9. The molecule has 1 unspecified atom stereocenters. The zero-order valence-electron chi connectivity index (χ0n) is 15.6. The fraction of sp³-hybridized carbons (Fsp3) is 0.368. The Labute approximate surface area is 168 Å². The number of nitrogens with one attached hydrogen (secondary N) is 2. The molecule has 0 saturated heterocycles. The average molecular weight is 410 g/mol. The molecular formula is C19H24ClN3O3S. The standard InChI is InChI=1S/C19H24ClN3O3S/c1-13(16-9-10-17(20)27-16)21-18(24)19(25)22-14-5-7-15(8-6-14)26-12-4-11-23(2)3/h5-10,13H,4,11-12H2,1-3H3,(H,21,24)(H,22,25). The van der Waals surface area contributed by atoms with Gasteiger partial charge >= 0.3 is 11.8 Å². The fourth-order valence-corrected chi connectivity index (χ4v) is 3.35. The maximum Gasteiger partial charge on any atom is 0.313 e. The third kappa shape index (κ3) is 7.21. The van der Waals surface area contributed by atoms with Gasteiger partial charge in [0.1, 0.15) is 5.75 Å². The van der Waals surface area contributed by atoms with E-state index in [0.717, 1.165) is 23.6 Å². The molecule has 1 aromatic carbocycles.